The Hall–Kier alpha value is -0.560. The molecule has 0 spiro atoms. The summed E-state index contributed by atoms with van der Waals surface area (Å²) in [5.41, 5.74) is -5.04. The monoisotopic (exact) mass is 330 g/mol. The Kier molecular flexibility index (Phi) is 5.00. The SMILES string of the molecule is O=C(CCBr)c1c(F)cccc1SC(F)(F)F. The van der Waals surface area contributed by atoms with E-state index in [-0.39, 0.29) is 11.8 Å². The highest BCUT2D eigenvalue weighted by atomic mass is 79.9. The molecule has 0 saturated carbocycles. The van der Waals surface area contributed by atoms with Gasteiger partial charge >= 0.3 is 5.51 Å². The molecule has 7 heteroatoms. The fourth-order valence-corrected chi connectivity index (χ4v) is 2.26. The summed E-state index contributed by atoms with van der Waals surface area (Å²) >= 11 is 2.51. The quantitative estimate of drug-likeness (QED) is 0.352. The number of rotatable bonds is 4. The molecule has 1 rings (SSSR count). The molecule has 17 heavy (non-hydrogen) atoms. The molecule has 1 aromatic rings. The number of ketones is 1. The number of benzene rings is 1. The van der Waals surface area contributed by atoms with Gasteiger partial charge in [0.1, 0.15) is 5.82 Å². The van der Waals surface area contributed by atoms with Crippen molar-refractivity contribution in [2.75, 3.05) is 5.33 Å². The molecule has 0 aliphatic rings. The number of alkyl halides is 4. The summed E-state index contributed by atoms with van der Waals surface area (Å²) in [5, 5.41) is 0.274. The Morgan fingerprint density at radius 1 is 1.35 bits per heavy atom. The first kappa shape index (κ1) is 14.5. The Labute approximate surface area is 108 Å². The zero-order valence-electron chi connectivity index (χ0n) is 8.35. The van der Waals surface area contributed by atoms with Gasteiger partial charge in [0.25, 0.3) is 0 Å². The maximum Gasteiger partial charge on any atom is 0.446 e. The van der Waals surface area contributed by atoms with Crippen molar-refractivity contribution in [1.82, 2.24) is 0 Å². The van der Waals surface area contributed by atoms with Crippen LogP contribution in [-0.2, 0) is 0 Å². The molecule has 0 unspecified atom stereocenters. The Morgan fingerprint density at radius 2 is 2.00 bits per heavy atom. The number of carbonyl (C=O) groups is 1. The van der Waals surface area contributed by atoms with Crippen molar-refractivity contribution in [2.45, 2.75) is 16.8 Å². The van der Waals surface area contributed by atoms with Crippen molar-refractivity contribution in [3.8, 4) is 0 Å². The minimum atomic E-state index is -4.54. The summed E-state index contributed by atoms with van der Waals surface area (Å²) in [6, 6.07) is 3.21. The van der Waals surface area contributed by atoms with Crippen molar-refractivity contribution in [3.63, 3.8) is 0 Å². The number of hydrogen-bond donors (Lipinski definition) is 0. The number of Topliss-reactive ketones (excluding diaryl/α,β-unsaturated/α-hetero) is 1. The lowest BCUT2D eigenvalue weighted by atomic mass is 10.1. The molecule has 0 saturated heterocycles. The van der Waals surface area contributed by atoms with E-state index in [9.17, 15) is 22.4 Å². The van der Waals surface area contributed by atoms with Gasteiger partial charge in [0, 0.05) is 16.6 Å². The average molecular weight is 331 g/mol. The van der Waals surface area contributed by atoms with E-state index in [2.05, 4.69) is 15.9 Å². The van der Waals surface area contributed by atoms with Gasteiger partial charge < -0.3 is 0 Å². The molecular formula is C10H7BrF4OS. The normalized spacial score (nSPS) is 11.6. The number of thioether (sulfide) groups is 1. The molecule has 0 aliphatic carbocycles. The standard InChI is InChI=1S/C10H7BrF4OS/c11-5-4-7(16)9-6(12)2-1-3-8(9)17-10(13,14)15/h1-3H,4-5H2. The van der Waals surface area contributed by atoms with E-state index in [1.807, 2.05) is 0 Å². The van der Waals surface area contributed by atoms with E-state index >= 15 is 0 Å². The van der Waals surface area contributed by atoms with Gasteiger partial charge in [-0.3, -0.25) is 4.79 Å². The molecule has 0 N–H and O–H groups in total. The van der Waals surface area contributed by atoms with Gasteiger partial charge in [-0.2, -0.15) is 13.2 Å². The van der Waals surface area contributed by atoms with E-state index in [0.29, 0.717) is 0 Å². The van der Waals surface area contributed by atoms with Gasteiger partial charge in [-0.05, 0) is 23.9 Å². The molecule has 0 radical (unpaired) electrons. The molecule has 0 fully saturated rings. The fourth-order valence-electron chi connectivity index (χ4n) is 1.20. The highest BCUT2D eigenvalue weighted by Crippen LogP contribution is 2.39. The van der Waals surface area contributed by atoms with Crippen LogP contribution in [0.2, 0.25) is 0 Å². The van der Waals surface area contributed by atoms with Crippen LogP contribution >= 0.6 is 27.7 Å². The van der Waals surface area contributed by atoms with E-state index < -0.39 is 39.3 Å². The molecule has 94 valence electrons. The molecule has 0 amide bonds. The number of hydrogen-bond acceptors (Lipinski definition) is 2. The lowest BCUT2D eigenvalue weighted by molar-refractivity contribution is -0.0328. The molecular weight excluding hydrogens is 324 g/mol. The summed E-state index contributed by atoms with van der Waals surface area (Å²) in [4.78, 5) is 11.1. The second-order valence-corrected chi connectivity index (χ2v) is 4.92. The summed E-state index contributed by atoms with van der Waals surface area (Å²) in [6.07, 6.45) is -0.0493. The van der Waals surface area contributed by atoms with E-state index in [0.717, 1.165) is 18.2 Å². The Balaban J connectivity index is 3.13. The fraction of sp³-hybridized carbons (Fsp3) is 0.300. The second kappa shape index (κ2) is 5.86. The molecule has 0 heterocycles. The first-order chi connectivity index (χ1) is 7.85. The largest absolute Gasteiger partial charge is 0.446 e. The molecule has 0 atom stereocenters. The van der Waals surface area contributed by atoms with Gasteiger partial charge in [-0.1, -0.05) is 22.0 Å². The third kappa shape index (κ3) is 4.31. The van der Waals surface area contributed by atoms with Crippen LogP contribution in [0.1, 0.15) is 16.8 Å². The van der Waals surface area contributed by atoms with Crippen molar-refractivity contribution in [3.05, 3.63) is 29.6 Å². The number of carbonyl (C=O) groups excluding carboxylic acids is 1. The van der Waals surface area contributed by atoms with Crippen LogP contribution in [0.15, 0.2) is 23.1 Å². The van der Waals surface area contributed by atoms with Gasteiger partial charge in [-0.25, -0.2) is 4.39 Å². The first-order valence-corrected chi connectivity index (χ1v) is 6.42. The van der Waals surface area contributed by atoms with Crippen LogP contribution in [0.3, 0.4) is 0 Å². The van der Waals surface area contributed by atoms with Crippen LogP contribution in [-0.4, -0.2) is 16.6 Å². The van der Waals surface area contributed by atoms with Gasteiger partial charge in [0.15, 0.2) is 5.78 Å². The van der Waals surface area contributed by atoms with Crippen LogP contribution < -0.4 is 0 Å². The van der Waals surface area contributed by atoms with E-state index in [1.165, 1.54) is 0 Å². The highest BCUT2D eigenvalue weighted by Gasteiger charge is 2.32. The van der Waals surface area contributed by atoms with Gasteiger partial charge in [-0.15, -0.1) is 0 Å². The van der Waals surface area contributed by atoms with Gasteiger partial charge in [0.2, 0.25) is 0 Å². The van der Waals surface area contributed by atoms with Crippen molar-refractivity contribution in [1.29, 1.82) is 0 Å². The third-order valence-corrected chi connectivity index (χ3v) is 2.99. The second-order valence-electron chi connectivity index (χ2n) is 3.02. The summed E-state index contributed by atoms with van der Waals surface area (Å²) in [6.45, 7) is 0. The maximum atomic E-state index is 13.4. The summed E-state index contributed by atoms with van der Waals surface area (Å²) in [5.74, 6) is -1.57. The topological polar surface area (TPSA) is 17.1 Å². The maximum absolute atomic E-state index is 13.4. The predicted octanol–water partition coefficient (Wildman–Crippen LogP) is 4.41. The zero-order valence-corrected chi connectivity index (χ0v) is 10.8. The van der Waals surface area contributed by atoms with Crippen LogP contribution in [0.25, 0.3) is 0 Å². The van der Waals surface area contributed by atoms with Crippen LogP contribution in [0.4, 0.5) is 17.6 Å². The summed E-state index contributed by atoms with van der Waals surface area (Å²) < 4.78 is 50.0. The smallest absolute Gasteiger partial charge is 0.294 e. The first-order valence-electron chi connectivity index (χ1n) is 4.48. The van der Waals surface area contributed by atoms with E-state index in [4.69, 9.17) is 0 Å². The Morgan fingerprint density at radius 3 is 2.53 bits per heavy atom. The predicted molar refractivity (Wildman–Crippen MR) is 61.1 cm³/mol. The minimum absolute atomic E-state index is 0.0493. The molecule has 0 aromatic heterocycles. The molecule has 0 aliphatic heterocycles. The van der Waals surface area contributed by atoms with Crippen molar-refractivity contribution >= 4 is 33.5 Å². The zero-order chi connectivity index (χ0) is 13.1. The van der Waals surface area contributed by atoms with Gasteiger partial charge in [0.05, 0.1) is 5.56 Å². The third-order valence-electron chi connectivity index (χ3n) is 1.80. The van der Waals surface area contributed by atoms with Crippen LogP contribution in [0, 0.1) is 5.82 Å². The minimum Gasteiger partial charge on any atom is -0.294 e. The summed E-state index contributed by atoms with van der Waals surface area (Å²) in [7, 11) is 0. The molecule has 0 bridgehead atoms. The molecule has 1 aromatic carbocycles. The lowest BCUT2D eigenvalue weighted by Crippen LogP contribution is -2.08. The van der Waals surface area contributed by atoms with Crippen molar-refractivity contribution in [2.24, 2.45) is 0 Å². The average Bonchev–Trinajstić information content (AvgIpc) is 2.15. The van der Waals surface area contributed by atoms with Crippen molar-refractivity contribution < 1.29 is 22.4 Å². The number of halogens is 5. The van der Waals surface area contributed by atoms with E-state index in [1.54, 1.807) is 0 Å². The van der Waals surface area contributed by atoms with Crippen LogP contribution in [0.5, 0.6) is 0 Å². The molecule has 1 nitrogen and oxygen atoms in total. The lowest BCUT2D eigenvalue weighted by Gasteiger charge is -2.10. The highest BCUT2D eigenvalue weighted by molar-refractivity contribution is 9.09. The Bertz CT molecular complexity index is 419.